The highest BCUT2D eigenvalue weighted by atomic mass is 16.7. The monoisotopic (exact) mass is 174 g/mol. The van der Waals surface area contributed by atoms with Crippen LogP contribution in [0.15, 0.2) is 0 Å². The molecule has 3 nitrogen and oxygen atoms in total. The van der Waals surface area contributed by atoms with Crippen molar-refractivity contribution >= 4 is 0 Å². The molecule has 0 spiro atoms. The molecule has 0 atom stereocenters. The fourth-order valence-electron chi connectivity index (χ4n) is 1.76. The number of aliphatic hydroxyl groups excluding tert-OH is 1. The van der Waals surface area contributed by atoms with E-state index in [0.717, 1.165) is 6.42 Å². The first-order valence-corrected chi connectivity index (χ1v) is 4.45. The highest BCUT2D eigenvalue weighted by molar-refractivity contribution is 4.80. The first-order chi connectivity index (χ1) is 5.68. The van der Waals surface area contributed by atoms with Crippen LogP contribution >= 0.6 is 0 Å². The van der Waals surface area contributed by atoms with Crippen molar-refractivity contribution in [2.75, 3.05) is 26.6 Å². The maximum atomic E-state index is 9.23. The second kappa shape index (κ2) is 4.21. The van der Waals surface area contributed by atoms with Crippen LogP contribution in [0.3, 0.4) is 0 Å². The van der Waals surface area contributed by atoms with Crippen molar-refractivity contribution in [1.29, 1.82) is 0 Å². The summed E-state index contributed by atoms with van der Waals surface area (Å²) >= 11 is 0. The van der Waals surface area contributed by atoms with E-state index in [0.29, 0.717) is 25.9 Å². The molecule has 0 aromatic carbocycles. The molecule has 0 bridgehead atoms. The largest absolute Gasteiger partial charge is 0.396 e. The van der Waals surface area contributed by atoms with Gasteiger partial charge in [0.2, 0.25) is 0 Å². The molecule has 1 saturated heterocycles. The van der Waals surface area contributed by atoms with Crippen molar-refractivity contribution in [3.05, 3.63) is 0 Å². The van der Waals surface area contributed by atoms with Gasteiger partial charge in [-0.3, -0.25) is 0 Å². The van der Waals surface area contributed by atoms with E-state index in [-0.39, 0.29) is 12.0 Å². The minimum absolute atomic E-state index is 0.146. The van der Waals surface area contributed by atoms with Crippen molar-refractivity contribution in [3.63, 3.8) is 0 Å². The van der Waals surface area contributed by atoms with Gasteiger partial charge in [0.1, 0.15) is 6.79 Å². The number of hydrogen-bond acceptors (Lipinski definition) is 3. The first-order valence-electron chi connectivity index (χ1n) is 4.45. The first kappa shape index (κ1) is 9.96. The summed E-state index contributed by atoms with van der Waals surface area (Å²) in [7, 11) is 0. The Hall–Kier alpha value is -0.120. The van der Waals surface area contributed by atoms with Crippen LogP contribution in [-0.4, -0.2) is 31.7 Å². The molecule has 12 heavy (non-hydrogen) atoms. The van der Waals surface area contributed by atoms with Crippen LogP contribution in [-0.2, 0) is 9.47 Å². The molecule has 1 rings (SSSR count). The molecule has 1 heterocycles. The SMILES string of the molecule is CC(C)CC1(CO)COCOC1. The summed E-state index contributed by atoms with van der Waals surface area (Å²) in [6.07, 6.45) is 0.962. The van der Waals surface area contributed by atoms with Crippen LogP contribution < -0.4 is 0 Å². The Balaban J connectivity index is 2.48. The predicted molar refractivity (Wildman–Crippen MR) is 45.7 cm³/mol. The van der Waals surface area contributed by atoms with Crippen LogP contribution in [0.1, 0.15) is 20.3 Å². The van der Waals surface area contributed by atoms with Crippen molar-refractivity contribution in [3.8, 4) is 0 Å². The number of rotatable bonds is 3. The fourth-order valence-corrected chi connectivity index (χ4v) is 1.76. The highest BCUT2D eigenvalue weighted by Crippen LogP contribution is 2.29. The van der Waals surface area contributed by atoms with Crippen molar-refractivity contribution < 1.29 is 14.6 Å². The van der Waals surface area contributed by atoms with E-state index in [1.165, 1.54) is 0 Å². The predicted octanol–water partition coefficient (Wildman–Crippen LogP) is 1.02. The Morgan fingerprint density at radius 2 is 1.92 bits per heavy atom. The normalized spacial score (nSPS) is 23.0. The summed E-state index contributed by atoms with van der Waals surface area (Å²) in [5.41, 5.74) is -0.146. The lowest BCUT2D eigenvalue weighted by atomic mass is 9.82. The number of ether oxygens (including phenoxy) is 2. The van der Waals surface area contributed by atoms with Gasteiger partial charge >= 0.3 is 0 Å². The zero-order valence-corrected chi connectivity index (χ0v) is 7.88. The zero-order chi connectivity index (χ0) is 9.03. The molecule has 1 aliphatic rings. The average Bonchev–Trinajstić information content (AvgIpc) is 2.05. The Morgan fingerprint density at radius 3 is 2.33 bits per heavy atom. The maximum Gasteiger partial charge on any atom is 0.146 e. The van der Waals surface area contributed by atoms with Crippen LogP contribution in [0.4, 0.5) is 0 Å². The van der Waals surface area contributed by atoms with E-state index < -0.39 is 0 Å². The summed E-state index contributed by atoms with van der Waals surface area (Å²) < 4.78 is 10.4. The summed E-state index contributed by atoms with van der Waals surface area (Å²) in [5, 5.41) is 9.23. The summed E-state index contributed by atoms with van der Waals surface area (Å²) in [5.74, 6) is 0.572. The van der Waals surface area contributed by atoms with Gasteiger partial charge in [-0.25, -0.2) is 0 Å². The molecule has 1 aliphatic heterocycles. The van der Waals surface area contributed by atoms with E-state index in [1.54, 1.807) is 0 Å². The Bertz CT molecular complexity index is 128. The van der Waals surface area contributed by atoms with E-state index >= 15 is 0 Å². The molecule has 3 heteroatoms. The minimum atomic E-state index is -0.146. The van der Waals surface area contributed by atoms with Gasteiger partial charge in [-0.1, -0.05) is 13.8 Å². The number of aliphatic hydroxyl groups is 1. The third-order valence-corrected chi connectivity index (χ3v) is 2.16. The topological polar surface area (TPSA) is 38.7 Å². The second-order valence-corrected chi connectivity index (χ2v) is 4.07. The lowest BCUT2D eigenvalue weighted by Gasteiger charge is -2.36. The second-order valence-electron chi connectivity index (χ2n) is 4.07. The molecular weight excluding hydrogens is 156 g/mol. The standard InChI is InChI=1S/C9H18O3/c1-8(2)3-9(4-10)5-11-7-12-6-9/h8,10H,3-7H2,1-2H3. The maximum absolute atomic E-state index is 9.23. The molecule has 1 N–H and O–H groups in total. The Labute approximate surface area is 73.7 Å². The quantitative estimate of drug-likeness (QED) is 0.694. The molecule has 0 aromatic rings. The smallest absolute Gasteiger partial charge is 0.146 e. The fraction of sp³-hybridized carbons (Fsp3) is 1.00. The van der Waals surface area contributed by atoms with E-state index in [1.807, 2.05) is 0 Å². The van der Waals surface area contributed by atoms with Gasteiger partial charge < -0.3 is 14.6 Å². The van der Waals surface area contributed by atoms with Gasteiger partial charge in [-0.15, -0.1) is 0 Å². The minimum Gasteiger partial charge on any atom is -0.396 e. The van der Waals surface area contributed by atoms with Crippen LogP contribution in [0.5, 0.6) is 0 Å². The van der Waals surface area contributed by atoms with Gasteiger partial charge in [0, 0.05) is 5.41 Å². The van der Waals surface area contributed by atoms with Crippen molar-refractivity contribution in [2.45, 2.75) is 20.3 Å². The summed E-state index contributed by atoms with van der Waals surface area (Å²) in [4.78, 5) is 0. The van der Waals surface area contributed by atoms with Gasteiger partial charge in [-0.2, -0.15) is 0 Å². The summed E-state index contributed by atoms with van der Waals surface area (Å²) in [6, 6.07) is 0. The van der Waals surface area contributed by atoms with Gasteiger partial charge in [-0.05, 0) is 12.3 Å². The lowest BCUT2D eigenvalue weighted by Crippen LogP contribution is -2.41. The molecule has 72 valence electrons. The molecule has 0 aliphatic carbocycles. The molecule has 0 unspecified atom stereocenters. The van der Waals surface area contributed by atoms with E-state index in [9.17, 15) is 5.11 Å². The highest BCUT2D eigenvalue weighted by Gasteiger charge is 2.33. The van der Waals surface area contributed by atoms with Gasteiger partial charge in [0.05, 0.1) is 19.8 Å². The third-order valence-electron chi connectivity index (χ3n) is 2.16. The molecule has 0 saturated carbocycles. The zero-order valence-electron chi connectivity index (χ0n) is 7.88. The third kappa shape index (κ3) is 2.44. The lowest BCUT2D eigenvalue weighted by molar-refractivity contribution is -0.180. The van der Waals surface area contributed by atoms with Crippen LogP contribution in [0.2, 0.25) is 0 Å². The Morgan fingerprint density at radius 1 is 1.33 bits per heavy atom. The van der Waals surface area contributed by atoms with Crippen molar-refractivity contribution in [2.24, 2.45) is 11.3 Å². The van der Waals surface area contributed by atoms with Gasteiger partial charge in [0.25, 0.3) is 0 Å². The van der Waals surface area contributed by atoms with Crippen LogP contribution in [0.25, 0.3) is 0 Å². The molecule has 0 amide bonds. The molecule has 1 fully saturated rings. The molecular formula is C9H18O3. The van der Waals surface area contributed by atoms with Gasteiger partial charge in [0.15, 0.2) is 0 Å². The van der Waals surface area contributed by atoms with E-state index in [2.05, 4.69) is 13.8 Å². The summed E-state index contributed by atoms with van der Waals surface area (Å²) in [6.45, 7) is 6.08. The Kier molecular flexibility index (Phi) is 3.50. The number of hydrogen-bond donors (Lipinski definition) is 1. The van der Waals surface area contributed by atoms with Crippen LogP contribution in [0, 0.1) is 11.3 Å². The molecule has 0 radical (unpaired) electrons. The molecule has 0 aromatic heterocycles. The van der Waals surface area contributed by atoms with E-state index in [4.69, 9.17) is 9.47 Å². The average molecular weight is 174 g/mol. The van der Waals surface area contributed by atoms with Crippen molar-refractivity contribution in [1.82, 2.24) is 0 Å².